The number of nitrogens with zero attached hydrogens (tertiary/aromatic N) is 5. The molecule has 0 bridgehead atoms. The lowest BCUT2D eigenvalue weighted by atomic mass is 9.87. The number of imidazole rings is 1. The van der Waals surface area contributed by atoms with E-state index in [1.165, 1.54) is 9.71 Å². The number of aromatic nitrogens is 3. The van der Waals surface area contributed by atoms with Crippen LogP contribution in [-0.2, 0) is 9.59 Å². The van der Waals surface area contributed by atoms with Crippen molar-refractivity contribution in [3.8, 4) is 0 Å². The number of benzene rings is 1. The third-order valence-electron chi connectivity index (χ3n) is 8.17. The SMILES string of the molecule is C[C@H]1CC[C@H](c2ccc3sc([C@@H]4CCN(C)C[C@H]4C)nc3c2)N(C(=O)C(=O)Nc2ccn3ccnc3c2)C1. The highest BCUT2D eigenvalue weighted by Crippen LogP contribution is 2.39. The Morgan fingerprint density at radius 2 is 1.92 bits per heavy atom. The molecule has 0 unspecified atom stereocenters. The number of fused-ring (bicyclic) bond motifs is 2. The number of hydrogen-bond donors (Lipinski definition) is 1. The maximum absolute atomic E-state index is 13.5. The van der Waals surface area contributed by atoms with Gasteiger partial charge in [-0.2, -0.15) is 0 Å². The molecular weight excluding hydrogens is 496 g/mol. The van der Waals surface area contributed by atoms with Crippen LogP contribution in [0.25, 0.3) is 15.9 Å². The summed E-state index contributed by atoms with van der Waals surface area (Å²) in [5.41, 5.74) is 3.32. The van der Waals surface area contributed by atoms with Crippen LogP contribution in [0, 0.1) is 11.8 Å². The fraction of sp³-hybridized carbons (Fsp3) is 0.448. The van der Waals surface area contributed by atoms with Crippen LogP contribution in [-0.4, -0.2) is 62.7 Å². The van der Waals surface area contributed by atoms with Gasteiger partial charge in [0.25, 0.3) is 0 Å². The van der Waals surface area contributed by atoms with Gasteiger partial charge in [-0.15, -0.1) is 11.3 Å². The predicted octanol–water partition coefficient (Wildman–Crippen LogP) is 4.94. The fourth-order valence-electron chi connectivity index (χ4n) is 6.08. The van der Waals surface area contributed by atoms with Crippen molar-refractivity contribution in [1.82, 2.24) is 24.2 Å². The Morgan fingerprint density at radius 1 is 1.05 bits per heavy atom. The lowest BCUT2D eigenvalue weighted by Crippen LogP contribution is -2.46. The highest BCUT2D eigenvalue weighted by molar-refractivity contribution is 7.18. The molecule has 1 N–H and O–H groups in total. The number of thiazole rings is 1. The Hall–Kier alpha value is -3.30. The molecule has 2 fully saturated rings. The normalized spacial score (nSPS) is 24.7. The van der Waals surface area contributed by atoms with Crippen molar-refractivity contribution in [1.29, 1.82) is 0 Å². The zero-order valence-electron chi connectivity index (χ0n) is 22.1. The Bertz CT molecular complexity index is 1490. The van der Waals surface area contributed by atoms with Crippen molar-refractivity contribution in [3.63, 3.8) is 0 Å². The highest BCUT2D eigenvalue weighted by atomic mass is 32.1. The van der Waals surface area contributed by atoms with E-state index >= 15 is 0 Å². The van der Waals surface area contributed by atoms with E-state index in [0.29, 0.717) is 35.6 Å². The van der Waals surface area contributed by atoms with Crippen LogP contribution in [0.15, 0.2) is 48.9 Å². The number of likely N-dealkylation sites (tertiary alicyclic amines) is 2. The van der Waals surface area contributed by atoms with Crippen LogP contribution < -0.4 is 5.32 Å². The van der Waals surface area contributed by atoms with Crippen molar-refractivity contribution in [2.75, 3.05) is 32.0 Å². The van der Waals surface area contributed by atoms with Crippen molar-refractivity contribution < 1.29 is 9.59 Å². The van der Waals surface area contributed by atoms with Gasteiger partial charge in [0.15, 0.2) is 0 Å². The summed E-state index contributed by atoms with van der Waals surface area (Å²) < 4.78 is 3.04. The maximum atomic E-state index is 13.5. The zero-order valence-corrected chi connectivity index (χ0v) is 22.9. The van der Waals surface area contributed by atoms with Crippen LogP contribution in [0.1, 0.15) is 55.6 Å². The van der Waals surface area contributed by atoms with Crippen LogP contribution in [0.5, 0.6) is 0 Å². The van der Waals surface area contributed by atoms with Crippen molar-refractivity contribution in [2.45, 2.75) is 45.1 Å². The fourth-order valence-corrected chi connectivity index (χ4v) is 7.29. The Morgan fingerprint density at radius 3 is 2.76 bits per heavy atom. The number of amides is 2. The first-order valence-electron chi connectivity index (χ1n) is 13.5. The van der Waals surface area contributed by atoms with Crippen molar-refractivity contribution in [2.24, 2.45) is 11.8 Å². The largest absolute Gasteiger partial charge is 0.327 e. The van der Waals surface area contributed by atoms with E-state index in [9.17, 15) is 9.59 Å². The van der Waals surface area contributed by atoms with Gasteiger partial charge >= 0.3 is 11.8 Å². The summed E-state index contributed by atoms with van der Waals surface area (Å²) in [6, 6.07) is 9.80. The molecule has 5 heterocycles. The van der Waals surface area contributed by atoms with Crippen LogP contribution in [0.3, 0.4) is 0 Å². The van der Waals surface area contributed by atoms with E-state index in [4.69, 9.17) is 4.98 Å². The Kier molecular flexibility index (Phi) is 6.65. The molecule has 0 spiro atoms. The number of carbonyl (C=O) groups excluding carboxylic acids is 2. The molecule has 2 aliphatic heterocycles. The van der Waals surface area contributed by atoms with Gasteiger partial charge in [-0.1, -0.05) is 19.9 Å². The Labute approximate surface area is 226 Å². The third kappa shape index (κ3) is 4.80. The molecule has 2 amide bonds. The standard InChI is InChI=1S/C29H34N6O2S/c1-18-4-6-24(35(16-18)29(37)27(36)31-21-8-12-34-13-10-30-26(34)15-21)20-5-7-25-23(14-20)32-28(38-25)22-9-11-33(3)17-19(22)2/h5,7-8,10,12-15,18-19,22,24H,4,6,9,11,16-17H2,1-3H3,(H,31,36)/t18-,19+,22+,24+/m0/s1. The van der Waals surface area contributed by atoms with Crippen LogP contribution >= 0.6 is 11.3 Å². The molecule has 38 heavy (non-hydrogen) atoms. The van der Waals surface area contributed by atoms with Gasteiger partial charge < -0.3 is 19.5 Å². The molecule has 1 aromatic carbocycles. The molecule has 2 aliphatic rings. The first kappa shape index (κ1) is 25.0. The summed E-state index contributed by atoms with van der Waals surface area (Å²) in [7, 11) is 2.19. The van der Waals surface area contributed by atoms with Gasteiger partial charge in [0.2, 0.25) is 0 Å². The number of piperidine rings is 2. The van der Waals surface area contributed by atoms with Crippen molar-refractivity contribution in [3.05, 3.63) is 59.5 Å². The van der Waals surface area contributed by atoms with Crippen molar-refractivity contribution >= 4 is 44.7 Å². The number of hydrogen-bond acceptors (Lipinski definition) is 6. The van der Waals surface area contributed by atoms with E-state index in [-0.39, 0.29) is 6.04 Å². The first-order chi connectivity index (χ1) is 18.4. The Balaban J connectivity index is 1.23. The first-order valence-corrected chi connectivity index (χ1v) is 14.3. The second-order valence-electron chi connectivity index (χ2n) is 11.1. The van der Waals surface area contributed by atoms with Crippen LogP contribution in [0.4, 0.5) is 5.69 Å². The summed E-state index contributed by atoms with van der Waals surface area (Å²) in [4.78, 5) is 40.0. The summed E-state index contributed by atoms with van der Waals surface area (Å²) in [6.07, 6.45) is 8.33. The zero-order chi connectivity index (χ0) is 26.4. The molecule has 9 heteroatoms. The number of pyridine rings is 1. The monoisotopic (exact) mass is 530 g/mol. The third-order valence-corrected chi connectivity index (χ3v) is 9.34. The summed E-state index contributed by atoms with van der Waals surface area (Å²) in [5.74, 6) is 0.294. The topological polar surface area (TPSA) is 82.8 Å². The molecule has 0 aliphatic carbocycles. The van der Waals surface area contributed by atoms with E-state index in [0.717, 1.165) is 43.4 Å². The van der Waals surface area contributed by atoms with E-state index < -0.39 is 11.8 Å². The lowest BCUT2D eigenvalue weighted by molar-refractivity contribution is -0.146. The predicted molar refractivity (Wildman–Crippen MR) is 150 cm³/mol. The molecule has 2 saturated heterocycles. The molecule has 0 radical (unpaired) electrons. The van der Waals surface area contributed by atoms with Gasteiger partial charge in [0.05, 0.1) is 21.3 Å². The summed E-state index contributed by atoms with van der Waals surface area (Å²) >= 11 is 1.80. The van der Waals surface area contributed by atoms with E-state index in [1.807, 2.05) is 16.8 Å². The minimum atomic E-state index is -0.617. The smallest absolute Gasteiger partial charge is 0.313 e. The number of rotatable bonds is 3. The van der Waals surface area contributed by atoms with Gasteiger partial charge in [-0.25, -0.2) is 9.97 Å². The summed E-state index contributed by atoms with van der Waals surface area (Å²) in [6.45, 7) is 7.22. The van der Waals surface area contributed by atoms with E-state index in [1.54, 1.807) is 34.6 Å². The highest BCUT2D eigenvalue weighted by Gasteiger charge is 2.35. The minimum Gasteiger partial charge on any atom is -0.327 e. The average Bonchev–Trinajstić information content (AvgIpc) is 3.54. The van der Waals surface area contributed by atoms with Gasteiger partial charge in [0, 0.05) is 49.4 Å². The molecule has 8 nitrogen and oxygen atoms in total. The van der Waals surface area contributed by atoms with Gasteiger partial charge in [-0.05, 0) is 68.5 Å². The summed E-state index contributed by atoms with van der Waals surface area (Å²) in [5, 5.41) is 4.01. The second-order valence-corrected chi connectivity index (χ2v) is 12.2. The number of carbonyl (C=O) groups is 2. The number of anilines is 1. The molecular formula is C29H34N6O2S. The molecule has 4 atom stereocenters. The number of nitrogens with one attached hydrogen (secondary N) is 1. The second kappa shape index (κ2) is 10.1. The average molecular weight is 531 g/mol. The molecule has 6 rings (SSSR count). The molecule has 4 aromatic rings. The van der Waals surface area contributed by atoms with E-state index in [2.05, 4.69) is 54.3 Å². The maximum Gasteiger partial charge on any atom is 0.313 e. The molecule has 3 aromatic heterocycles. The van der Waals surface area contributed by atoms with Gasteiger partial charge in [0.1, 0.15) is 5.65 Å². The van der Waals surface area contributed by atoms with Crippen LogP contribution in [0.2, 0.25) is 0 Å². The minimum absolute atomic E-state index is 0.143. The quantitative estimate of drug-likeness (QED) is 0.380. The molecule has 198 valence electrons. The lowest BCUT2D eigenvalue weighted by Gasteiger charge is -2.38. The van der Waals surface area contributed by atoms with Gasteiger partial charge in [-0.3, -0.25) is 9.59 Å². The molecule has 0 saturated carbocycles.